The molecule has 3 aromatic rings. The molecule has 0 spiro atoms. The molecule has 1 fully saturated rings. The van der Waals surface area contributed by atoms with Crippen LogP contribution >= 0.6 is 22.7 Å². The van der Waals surface area contributed by atoms with Crippen molar-refractivity contribution < 1.29 is 4.79 Å². The van der Waals surface area contributed by atoms with Crippen LogP contribution in [0.5, 0.6) is 0 Å². The van der Waals surface area contributed by atoms with Gasteiger partial charge in [0.15, 0.2) is 0 Å². The Morgan fingerprint density at radius 3 is 2.62 bits per heavy atom. The Balaban J connectivity index is 1.66. The summed E-state index contributed by atoms with van der Waals surface area (Å²) >= 11 is 3.40. The van der Waals surface area contributed by atoms with Gasteiger partial charge in [-0.05, 0) is 58.8 Å². The summed E-state index contributed by atoms with van der Waals surface area (Å²) in [6, 6.07) is 12.2. The summed E-state index contributed by atoms with van der Waals surface area (Å²) in [5.41, 5.74) is 1.79. The number of rotatable bonds is 6. The van der Waals surface area contributed by atoms with Crippen LogP contribution in [-0.2, 0) is 23.3 Å². The van der Waals surface area contributed by atoms with E-state index in [1.54, 1.807) is 28.9 Å². The van der Waals surface area contributed by atoms with Gasteiger partial charge in [0.25, 0.3) is 0 Å². The van der Waals surface area contributed by atoms with Crippen LogP contribution in [-0.4, -0.2) is 15.8 Å². The number of carbonyl (C=O) groups is 1. The first-order valence-electron chi connectivity index (χ1n) is 9.02. The van der Waals surface area contributed by atoms with E-state index in [2.05, 4.69) is 39.3 Å². The summed E-state index contributed by atoms with van der Waals surface area (Å²) in [6.07, 6.45) is 5.95. The van der Waals surface area contributed by atoms with Crippen molar-refractivity contribution in [3.8, 4) is 0 Å². The maximum Gasteiger partial charge on any atom is 0.234 e. The minimum atomic E-state index is -0.348. The van der Waals surface area contributed by atoms with Gasteiger partial charge in [0, 0.05) is 17.6 Å². The Hall–Kier alpha value is -1.98. The fourth-order valence-electron chi connectivity index (χ4n) is 3.89. The highest BCUT2D eigenvalue weighted by molar-refractivity contribution is 7.10. The molecular formula is C21H22N2OS2. The zero-order valence-electron chi connectivity index (χ0n) is 14.6. The number of aromatic nitrogens is 1. The monoisotopic (exact) mass is 382 g/mol. The highest BCUT2D eigenvalue weighted by atomic mass is 32.1. The van der Waals surface area contributed by atoms with Gasteiger partial charge >= 0.3 is 0 Å². The molecule has 0 bridgehead atoms. The number of amides is 1. The van der Waals surface area contributed by atoms with Gasteiger partial charge in [0.2, 0.25) is 5.91 Å². The van der Waals surface area contributed by atoms with Gasteiger partial charge in [-0.15, -0.1) is 11.3 Å². The molecule has 4 rings (SSSR count). The maximum absolute atomic E-state index is 13.8. The zero-order chi connectivity index (χ0) is 17.8. The van der Waals surface area contributed by atoms with Crippen LogP contribution in [0.15, 0.2) is 58.7 Å². The van der Waals surface area contributed by atoms with Crippen molar-refractivity contribution in [3.05, 3.63) is 74.9 Å². The van der Waals surface area contributed by atoms with E-state index in [9.17, 15) is 4.79 Å². The highest BCUT2D eigenvalue weighted by Gasteiger charge is 2.45. The Morgan fingerprint density at radius 1 is 1.08 bits per heavy atom. The third-order valence-electron chi connectivity index (χ3n) is 5.18. The molecular weight excluding hydrogens is 360 g/mol. The molecule has 0 radical (unpaired) electrons. The first-order valence-corrected chi connectivity index (χ1v) is 10.8. The molecule has 0 N–H and O–H groups in total. The first kappa shape index (κ1) is 17.4. The third kappa shape index (κ3) is 3.46. The summed E-state index contributed by atoms with van der Waals surface area (Å²) < 4.78 is 0. The first-order chi connectivity index (χ1) is 12.8. The van der Waals surface area contributed by atoms with Gasteiger partial charge in [-0.25, -0.2) is 0 Å². The number of carbonyl (C=O) groups excluding carboxylic acids is 1. The number of hydrogen-bond donors (Lipinski definition) is 0. The lowest BCUT2D eigenvalue weighted by Gasteiger charge is -2.34. The molecule has 0 aliphatic heterocycles. The minimum Gasteiger partial charge on any atom is -0.332 e. The van der Waals surface area contributed by atoms with Gasteiger partial charge in [0.05, 0.1) is 17.7 Å². The van der Waals surface area contributed by atoms with E-state index in [0.717, 1.165) is 31.4 Å². The number of hydrogen-bond acceptors (Lipinski definition) is 4. The lowest BCUT2D eigenvalue weighted by molar-refractivity contribution is -0.138. The summed E-state index contributed by atoms with van der Waals surface area (Å²) in [7, 11) is 0. The third-order valence-corrected chi connectivity index (χ3v) is 6.99. The topological polar surface area (TPSA) is 33.2 Å². The molecule has 3 aromatic heterocycles. The molecule has 5 heteroatoms. The van der Waals surface area contributed by atoms with Crippen LogP contribution in [0.2, 0.25) is 0 Å². The van der Waals surface area contributed by atoms with Gasteiger partial charge in [-0.3, -0.25) is 9.78 Å². The lowest BCUT2D eigenvalue weighted by atomic mass is 9.82. The van der Waals surface area contributed by atoms with Crippen LogP contribution in [0.3, 0.4) is 0 Å². The average molecular weight is 383 g/mol. The SMILES string of the molecule is O=C(N(Cc1ccsc1)Cc1ccccn1)C1(c2cccs2)CCCC1. The van der Waals surface area contributed by atoms with Gasteiger partial charge in [0.1, 0.15) is 0 Å². The lowest BCUT2D eigenvalue weighted by Crippen LogP contribution is -2.44. The van der Waals surface area contributed by atoms with Crippen molar-refractivity contribution >= 4 is 28.6 Å². The smallest absolute Gasteiger partial charge is 0.234 e. The van der Waals surface area contributed by atoms with E-state index in [-0.39, 0.29) is 11.3 Å². The zero-order valence-corrected chi connectivity index (χ0v) is 16.3. The van der Waals surface area contributed by atoms with Crippen LogP contribution in [0.4, 0.5) is 0 Å². The highest BCUT2D eigenvalue weighted by Crippen LogP contribution is 2.45. The average Bonchev–Trinajstić information content (AvgIpc) is 3.43. The largest absolute Gasteiger partial charge is 0.332 e. The quantitative estimate of drug-likeness (QED) is 0.584. The van der Waals surface area contributed by atoms with Crippen LogP contribution < -0.4 is 0 Å². The molecule has 134 valence electrons. The van der Waals surface area contributed by atoms with Gasteiger partial charge < -0.3 is 4.90 Å². The predicted octanol–water partition coefficient (Wildman–Crippen LogP) is 5.25. The van der Waals surface area contributed by atoms with E-state index in [1.807, 2.05) is 23.1 Å². The standard InChI is InChI=1S/C21H22N2OS2/c24-20(21(9-2-3-10-21)19-7-5-12-26-19)23(14-17-8-13-25-16-17)15-18-6-1-4-11-22-18/h1,4-8,11-13,16H,2-3,9-10,14-15H2. The second-order valence-electron chi connectivity index (χ2n) is 6.88. The molecule has 0 saturated heterocycles. The summed E-state index contributed by atoms with van der Waals surface area (Å²) in [5, 5.41) is 6.29. The molecule has 26 heavy (non-hydrogen) atoms. The summed E-state index contributed by atoms with van der Waals surface area (Å²) in [5.74, 6) is 0.259. The molecule has 3 heterocycles. The van der Waals surface area contributed by atoms with Crippen molar-refractivity contribution in [1.29, 1.82) is 0 Å². The van der Waals surface area contributed by atoms with Crippen molar-refractivity contribution in [1.82, 2.24) is 9.88 Å². The van der Waals surface area contributed by atoms with Crippen LogP contribution in [0.25, 0.3) is 0 Å². The van der Waals surface area contributed by atoms with Crippen molar-refractivity contribution in [2.24, 2.45) is 0 Å². The van der Waals surface area contributed by atoms with Crippen molar-refractivity contribution in [2.75, 3.05) is 0 Å². The Labute approximate surface area is 162 Å². The van der Waals surface area contributed by atoms with Crippen LogP contribution in [0, 0.1) is 0 Å². The Morgan fingerprint density at radius 2 is 1.96 bits per heavy atom. The molecule has 3 nitrogen and oxygen atoms in total. The van der Waals surface area contributed by atoms with E-state index in [4.69, 9.17) is 0 Å². The van der Waals surface area contributed by atoms with Gasteiger partial charge in [-0.1, -0.05) is 25.0 Å². The fraction of sp³-hybridized carbons (Fsp3) is 0.333. The number of nitrogens with zero attached hydrogens (tertiary/aromatic N) is 2. The fourth-order valence-corrected chi connectivity index (χ4v) is 5.53. The molecule has 0 unspecified atom stereocenters. The van der Waals surface area contributed by atoms with Gasteiger partial charge in [-0.2, -0.15) is 11.3 Å². The predicted molar refractivity (Wildman–Crippen MR) is 107 cm³/mol. The second-order valence-corrected chi connectivity index (χ2v) is 8.61. The molecule has 0 aromatic carbocycles. The molecule has 0 atom stereocenters. The molecule has 1 saturated carbocycles. The number of thiophene rings is 2. The van der Waals surface area contributed by atoms with Crippen molar-refractivity contribution in [2.45, 2.75) is 44.2 Å². The second kappa shape index (κ2) is 7.72. The molecule has 1 aliphatic carbocycles. The van der Waals surface area contributed by atoms with E-state index in [1.165, 1.54) is 10.4 Å². The maximum atomic E-state index is 13.8. The van der Waals surface area contributed by atoms with Crippen molar-refractivity contribution in [3.63, 3.8) is 0 Å². The summed E-state index contributed by atoms with van der Waals surface area (Å²) in [6.45, 7) is 1.20. The van der Waals surface area contributed by atoms with E-state index < -0.39 is 0 Å². The number of pyridine rings is 1. The Kier molecular flexibility index (Phi) is 5.18. The van der Waals surface area contributed by atoms with E-state index in [0.29, 0.717) is 13.1 Å². The minimum absolute atomic E-state index is 0.259. The van der Waals surface area contributed by atoms with Crippen LogP contribution in [0.1, 0.15) is 41.8 Å². The Bertz CT molecular complexity index is 822. The normalized spacial score (nSPS) is 15.8. The summed E-state index contributed by atoms with van der Waals surface area (Å²) in [4.78, 5) is 21.5. The molecule has 1 aliphatic rings. The van der Waals surface area contributed by atoms with E-state index >= 15 is 0 Å². The molecule has 1 amide bonds.